The summed E-state index contributed by atoms with van der Waals surface area (Å²) in [6.45, 7) is 10.7. The van der Waals surface area contributed by atoms with E-state index in [2.05, 4.69) is 64.4 Å². The van der Waals surface area contributed by atoms with E-state index in [0.717, 1.165) is 89.1 Å². The van der Waals surface area contributed by atoms with Crippen molar-refractivity contribution in [1.82, 2.24) is 9.88 Å². The van der Waals surface area contributed by atoms with Gasteiger partial charge in [0.25, 0.3) is 0 Å². The molecule has 2 aliphatic rings. The molecule has 0 aliphatic carbocycles. The topological polar surface area (TPSA) is 60.9 Å². The molecule has 2 aliphatic heterocycles. The van der Waals surface area contributed by atoms with Crippen LogP contribution in [0, 0.1) is 20.8 Å². The van der Waals surface area contributed by atoms with E-state index in [9.17, 15) is 4.79 Å². The highest BCUT2D eigenvalue weighted by molar-refractivity contribution is 6.04. The summed E-state index contributed by atoms with van der Waals surface area (Å²) in [5, 5.41) is 3.12. The number of aromatic nitrogens is 1. The number of pyridine rings is 1. The molecule has 2 amide bonds. The highest BCUT2D eigenvalue weighted by Gasteiger charge is 2.28. The minimum absolute atomic E-state index is 0.106. The molecule has 1 N–H and O–H groups in total. The molecular weight excluding hydrogens is 450 g/mol. The van der Waals surface area contributed by atoms with Gasteiger partial charge in [-0.15, -0.1) is 0 Å². The van der Waals surface area contributed by atoms with E-state index in [1.54, 1.807) is 7.11 Å². The zero-order valence-corrected chi connectivity index (χ0v) is 21.9. The molecule has 7 heteroatoms. The fourth-order valence-electron chi connectivity index (χ4n) is 5.32. The monoisotopic (exact) mass is 485 g/mol. The maximum atomic E-state index is 13.4. The smallest absolute Gasteiger partial charge is 0.326 e. The Morgan fingerprint density at radius 1 is 0.917 bits per heavy atom. The maximum absolute atomic E-state index is 13.4. The van der Waals surface area contributed by atoms with Crippen LogP contribution in [-0.2, 0) is 6.42 Å². The number of piperazine rings is 1. The minimum Gasteiger partial charge on any atom is -0.495 e. The number of rotatable bonds is 4. The summed E-state index contributed by atoms with van der Waals surface area (Å²) in [6, 6.07) is 14.4. The average molecular weight is 486 g/mol. The van der Waals surface area contributed by atoms with E-state index in [-0.39, 0.29) is 6.03 Å². The number of ether oxygens (including phenoxy) is 1. The number of urea groups is 1. The highest BCUT2D eigenvalue weighted by atomic mass is 16.5. The number of likely N-dealkylation sites (N-methyl/N-ethyl adjacent to an activating group) is 1. The number of nitrogens with one attached hydrogen (secondary N) is 1. The first-order valence-electron chi connectivity index (χ1n) is 12.6. The fraction of sp³-hybridized carbons (Fsp3) is 0.379. The number of fused-ring (bicyclic) bond motifs is 1. The van der Waals surface area contributed by atoms with Crippen LogP contribution in [0.4, 0.5) is 21.9 Å². The maximum Gasteiger partial charge on any atom is 0.326 e. The summed E-state index contributed by atoms with van der Waals surface area (Å²) in [4.78, 5) is 24.4. The Labute approximate surface area is 213 Å². The molecule has 2 aromatic carbocycles. The second-order valence-corrected chi connectivity index (χ2v) is 9.94. The molecule has 0 unspecified atom stereocenters. The number of carbonyl (C=O) groups is 1. The third-order valence-corrected chi connectivity index (χ3v) is 7.23. The van der Waals surface area contributed by atoms with E-state index >= 15 is 0 Å². The Bertz CT molecular complexity index is 1280. The van der Waals surface area contributed by atoms with Crippen LogP contribution in [-0.4, -0.2) is 62.8 Å². The Kier molecular flexibility index (Phi) is 6.58. The van der Waals surface area contributed by atoms with Gasteiger partial charge >= 0.3 is 6.03 Å². The Hall–Kier alpha value is -3.58. The molecule has 0 spiro atoms. The summed E-state index contributed by atoms with van der Waals surface area (Å²) < 4.78 is 5.74. The number of methoxy groups -OCH3 is 1. The summed E-state index contributed by atoms with van der Waals surface area (Å²) in [7, 11) is 3.87. The number of anilines is 3. The number of hydrogen-bond acceptors (Lipinski definition) is 5. The van der Waals surface area contributed by atoms with Gasteiger partial charge in [0, 0.05) is 49.8 Å². The molecule has 3 heterocycles. The van der Waals surface area contributed by atoms with Crippen molar-refractivity contribution in [3.05, 3.63) is 65.0 Å². The van der Waals surface area contributed by atoms with Crippen LogP contribution in [0.2, 0.25) is 0 Å². The lowest BCUT2D eigenvalue weighted by Gasteiger charge is -2.35. The van der Waals surface area contributed by atoms with Gasteiger partial charge in [0.2, 0.25) is 0 Å². The van der Waals surface area contributed by atoms with E-state index in [0.29, 0.717) is 6.54 Å². The number of nitrogens with zero attached hydrogens (tertiary/aromatic N) is 4. The molecule has 0 bridgehead atoms. The van der Waals surface area contributed by atoms with Gasteiger partial charge in [-0.05, 0) is 92.9 Å². The Morgan fingerprint density at radius 2 is 1.64 bits per heavy atom. The van der Waals surface area contributed by atoms with Crippen molar-refractivity contribution in [3.63, 3.8) is 0 Å². The number of amides is 2. The van der Waals surface area contributed by atoms with Gasteiger partial charge in [-0.25, -0.2) is 4.79 Å². The van der Waals surface area contributed by atoms with Crippen molar-refractivity contribution in [1.29, 1.82) is 0 Å². The molecule has 1 aromatic heterocycles. The Morgan fingerprint density at radius 3 is 2.31 bits per heavy atom. The van der Waals surface area contributed by atoms with Gasteiger partial charge in [-0.2, -0.15) is 0 Å². The molecular formula is C29H35N5O2. The first-order chi connectivity index (χ1) is 17.3. The summed E-state index contributed by atoms with van der Waals surface area (Å²) in [5.74, 6) is 0.883. The molecule has 36 heavy (non-hydrogen) atoms. The molecule has 1 saturated heterocycles. The molecule has 5 rings (SSSR count). The van der Waals surface area contributed by atoms with Crippen molar-refractivity contribution < 1.29 is 9.53 Å². The zero-order valence-electron chi connectivity index (χ0n) is 21.9. The number of benzene rings is 2. The van der Waals surface area contributed by atoms with Crippen LogP contribution in [0.25, 0.3) is 11.1 Å². The van der Waals surface area contributed by atoms with Crippen molar-refractivity contribution in [2.75, 3.05) is 62.0 Å². The standard InChI is InChI=1S/C29H35N5O2/c1-19-14-24(6-7-25(19)23-15-20(2)30-21(3)16-23)31-29(35)34-9-8-22-17-28(36-5)27(18-26(22)34)33-12-10-32(4)11-13-33/h6-7,14-18H,8-13H2,1-5H3,(H,31,35). The SMILES string of the molecule is COc1cc2c(cc1N1CCN(C)CC1)N(C(=O)Nc1ccc(-c3cc(C)nc(C)c3)c(C)c1)CC2. The van der Waals surface area contributed by atoms with E-state index < -0.39 is 0 Å². The second kappa shape index (κ2) is 9.82. The first-order valence-corrected chi connectivity index (χ1v) is 12.6. The molecule has 0 radical (unpaired) electrons. The van der Waals surface area contributed by atoms with Crippen LogP contribution < -0.4 is 19.9 Å². The predicted octanol–water partition coefficient (Wildman–Crippen LogP) is 5.03. The van der Waals surface area contributed by atoms with E-state index in [1.807, 2.05) is 30.9 Å². The van der Waals surface area contributed by atoms with Gasteiger partial charge in [-0.3, -0.25) is 9.88 Å². The van der Waals surface area contributed by atoms with Gasteiger partial charge in [0.1, 0.15) is 5.75 Å². The lowest BCUT2D eigenvalue weighted by molar-refractivity contribution is 0.257. The first kappa shape index (κ1) is 24.1. The van der Waals surface area contributed by atoms with Crippen LogP contribution in [0.1, 0.15) is 22.5 Å². The van der Waals surface area contributed by atoms with Gasteiger partial charge < -0.3 is 19.9 Å². The average Bonchev–Trinajstić information content (AvgIpc) is 3.26. The van der Waals surface area contributed by atoms with Crippen LogP contribution in [0.5, 0.6) is 5.75 Å². The lowest BCUT2D eigenvalue weighted by atomic mass is 9.99. The molecule has 188 valence electrons. The molecule has 1 fully saturated rings. The van der Waals surface area contributed by atoms with Gasteiger partial charge in [-0.1, -0.05) is 6.07 Å². The highest BCUT2D eigenvalue weighted by Crippen LogP contribution is 2.40. The van der Waals surface area contributed by atoms with Crippen LogP contribution in [0.3, 0.4) is 0 Å². The lowest BCUT2D eigenvalue weighted by Crippen LogP contribution is -2.44. The van der Waals surface area contributed by atoms with Crippen molar-refractivity contribution in [2.45, 2.75) is 27.2 Å². The number of hydrogen-bond donors (Lipinski definition) is 1. The van der Waals surface area contributed by atoms with Crippen molar-refractivity contribution in [2.24, 2.45) is 0 Å². The zero-order chi connectivity index (χ0) is 25.4. The summed E-state index contributed by atoms with van der Waals surface area (Å²) in [6.07, 6.45) is 0.820. The minimum atomic E-state index is -0.106. The van der Waals surface area contributed by atoms with Crippen molar-refractivity contribution in [3.8, 4) is 16.9 Å². The molecule has 0 saturated carbocycles. The molecule has 7 nitrogen and oxygen atoms in total. The van der Waals surface area contributed by atoms with Crippen LogP contribution >= 0.6 is 0 Å². The largest absolute Gasteiger partial charge is 0.495 e. The predicted molar refractivity (Wildman–Crippen MR) is 147 cm³/mol. The number of carbonyl (C=O) groups excluding carboxylic acids is 1. The Balaban J connectivity index is 1.36. The van der Waals surface area contributed by atoms with E-state index in [4.69, 9.17) is 4.74 Å². The normalized spacial score (nSPS) is 15.7. The summed E-state index contributed by atoms with van der Waals surface area (Å²) in [5.41, 5.74) is 9.39. The number of aryl methyl sites for hydroxylation is 3. The fourth-order valence-corrected chi connectivity index (χ4v) is 5.32. The van der Waals surface area contributed by atoms with Crippen LogP contribution in [0.15, 0.2) is 42.5 Å². The van der Waals surface area contributed by atoms with Gasteiger partial charge in [0.05, 0.1) is 18.5 Å². The third kappa shape index (κ3) is 4.75. The quantitative estimate of drug-likeness (QED) is 0.562. The third-order valence-electron chi connectivity index (χ3n) is 7.23. The second-order valence-electron chi connectivity index (χ2n) is 9.94. The molecule has 3 aromatic rings. The summed E-state index contributed by atoms with van der Waals surface area (Å²) >= 11 is 0. The van der Waals surface area contributed by atoms with E-state index in [1.165, 1.54) is 0 Å². The molecule has 0 atom stereocenters. The van der Waals surface area contributed by atoms with Crippen molar-refractivity contribution >= 4 is 23.1 Å². The van der Waals surface area contributed by atoms with Gasteiger partial charge in [0.15, 0.2) is 0 Å².